The molecule has 0 radical (unpaired) electrons. The molecule has 51 heavy (non-hydrogen) atoms. The van der Waals surface area contributed by atoms with E-state index in [-0.39, 0.29) is 21.7 Å². The Morgan fingerprint density at radius 2 is 0.627 bits per heavy atom. The highest BCUT2D eigenvalue weighted by Crippen LogP contribution is 2.40. The summed E-state index contributed by atoms with van der Waals surface area (Å²) in [5.74, 6) is 0. The zero-order chi connectivity index (χ0) is 37.0. The van der Waals surface area contributed by atoms with E-state index in [9.17, 15) is 10.0 Å². The molecule has 0 aliphatic heterocycles. The summed E-state index contributed by atoms with van der Waals surface area (Å²) < 4.78 is 4.59. The quantitative estimate of drug-likeness (QED) is 0.183. The van der Waals surface area contributed by atoms with Gasteiger partial charge in [0.25, 0.3) is 0 Å². The van der Waals surface area contributed by atoms with Gasteiger partial charge in [0.1, 0.15) is 0 Å². The minimum Gasteiger partial charge on any atom is -0.423 e. The zero-order valence-electron chi connectivity index (χ0n) is 32.5. The first kappa shape index (κ1) is 35.1. The van der Waals surface area contributed by atoms with Crippen molar-refractivity contribution in [3.8, 4) is 11.4 Å². The van der Waals surface area contributed by atoms with Crippen molar-refractivity contribution in [2.24, 2.45) is 0 Å². The number of fused-ring (bicyclic) bond motifs is 6. The third-order valence-corrected chi connectivity index (χ3v) is 10.7. The molecule has 0 saturated heterocycles. The molecule has 0 spiro atoms. The summed E-state index contributed by atoms with van der Waals surface area (Å²) in [5, 5.41) is 26.3. The highest BCUT2D eigenvalue weighted by molar-refractivity contribution is 6.58. The van der Waals surface area contributed by atoms with Crippen molar-refractivity contribution in [3.05, 3.63) is 113 Å². The summed E-state index contributed by atoms with van der Waals surface area (Å²) in [6.07, 6.45) is 0. The molecule has 7 aromatic rings. The highest BCUT2D eigenvalue weighted by atomic mass is 16.4. The third kappa shape index (κ3) is 6.09. The van der Waals surface area contributed by atoms with E-state index in [1.807, 2.05) is 12.1 Å². The predicted molar refractivity (Wildman–Crippen MR) is 220 cm³/mol. The Bertz CT molecular complexity index is 2170. The van der Waals surface area contributed by atoms with Crippen molar-refractivity contribution < 1.29 is 10.0 Å². The fraction of sp³-hybridized carbons (Fsp3) is 0.348. The second-order valence-electron chi connectivity index (χ2n) is 18.8. The number of rotatable bonds is 3. The third-order valence-electron chi connectivity index (χ3n) is 10.7. The molecule has 5 aromatic carbocycles. The van der Waals surface area contributed by atoms with Crippen molar-refractivity contribution in [2.45, 2.75) is 105 Å². The van der Waals surface area contributed by atoms with E-state index in [0.717, 1.165) is 33.4 Å². The Balaban J connectivity index is 1.57. The minimum absolute atomic E-state index is 0.00538. The van der Waals surface area contributed by atoms with Crippen molar-refractivity contribution >= 4 is 56.2 Å². The van der Waals surface area contributed by atoms with Crippen LogP contribution in [0.25, 0.3) is 55.0 Å². The molecule has 0 unspecified atom stereocenters. The van der Waals surface area contributed by atoms with E-state index in [1.165, 1.54) is 43.8 Å². The molecule has 2 N–H and O–H groups in total. The van der Waals surface area contributed by atoms with Crippen molar-refractivity contribution in [1.82, 2.24) is 9.13 Å². The Morgan fingerprint density at radius 1 is 0.373 bits per heavy atom. The van der Waals surface area contributed by atoms with Crippen molar-refractivity contribution in [2.75, 3.05) is 0 Å². The van der Waals surface area contributed by atoms with Crippen LogP contribution >= 0.6 is 0 Å². The van der Waals surface area contributed by atoms with Crippen LogP contribution in [-0.2, 0) is 21.7 Å². The molecular weight excluding hydrogens is 623 g/mol. The van der Waals surface area contributed by atoms with E-state index in [1.54, 1.807) is 0 Å². The van der Waals surface area contributed by atoms with Gasteiger partial charge in [0.05, 0.1) is 22.1 Å². The molecule has 0 saturated carbocycles. The maximum absolute atomic E-state index is 10.8. The van der Waals surface area contributed by atoms with Gasteiger partial charge in [-0.3, -0.25) is 0 Å². The topological polar surface area (TPSA) is 50.3 Å². The lowest BCUT2D eigenvalue weighted by Gasteiger charge is -2.20. The Labute approximate surface area is 303 Å². The molecular formula is C46H53BN2O2. The molecule has 0 aliphatic carbocycles. The highest BCUT2D eigenvalue weighted by Gasteiger charge is 2.25. The maximum atomic E-state index is 10.8. The fourth-order valence-corrected chi connectivity index (χ4v) is 7.49. The molecule has 0 aliphatic rings. The molecule has 0 atom stereocenters. The SMILES string of the molecule is CC(C)(C)c1ccc2c(c1)c1cc(C(C)(C)C)ccc1n2-c1cc(B(O)O)cc(-n2c3ccc(C(C)(C)C)cc3c3cc(C(C)(C)C)ccc32)c1. The van der Waals surface area contributed by atoms with E-state index in [4.69, 9.17) is 0 Å². The van der Waals surface area contributed by atoms with Gasteiger partial charge < -0.3 is 19.2 Å². The Hall–Kier alpha value is -4.32. The van der Waals surface area contributed by atoms with Crippen LogP contribution in [0.1, 0.15) is 105 Å². The molecule has 0 fully saturated rings. The largest absolute Gasteiger partial charge is 0.488 e. The summed E-state index contributed by atoms with van der Waals surface area (Å²) >= 11 is 0. The van der Waals surface area contributed by atoms with Crippen LogP contribution in [0.15, 0.2) is 91.0 Å². The average Bonchev–Trinajstić information content (AvgIpc) is 3.54. The first-order valence-electron chi connectivity index (χ1n) is 18.3. The van der Waals surface area contributed by atoms with Crippen LogP contribution in [0, 0.1) is 0 Å². The summed E-state index contributed by atoms with van der Waals surface area (Å²) in [7, 11) is -1.63. The lowest BCUT2D eigenvalue weighted by atomic mass is 9.79. The molecule has 2 aromatic heterocycles. The minimum atomic E-state index is -1.63. The van der Waals surface area contributed by atoms with Gasteiger partial charge in [-0.1, -0.05) is 107 Å². The summed E-state index contributed by atoms with van der Waals surface area (Å²) in [6.45, 7) is 27.1. The van der Waals surface area contributed by atoms with Gasteiger partial charge in [-0.15, -0.1) is 0 Å². The van der Waals surface area contributed by atoms with Gasteiger partial charge in [-0.25, -0.2) is 0 Å². The van der Waals surface area contributed by atoms with Gasteiger partial charge in [0.15, 0.2) is 0 Å². The van der Waals surface area contributed by atoms with Crippen LogP contribution in [0.2, 0.25) is 0 Å². The number of benzene rings is 5. The van der Waals surface area contributed by atoms with Crippen LogP contribution in [0.3, 0.4) is 0 Å². The predicted octanol–water partition coefficient (Wildman–Crippen LogP) is 10.8. The first-order valence-corrected chi connectivity index (χ1v) is 18.3. The number of nitrogens with zero attached hydrogens (tertiary/aromatic N) is 2. The smallest absolute Gasteiger partial charge is 0.423 e. The number of hydrogen-bond acceptors (Lipinski definition) is 2. The van der Waals surface area contributed by atoms with E-state index < -0.39 is 7.12 Å². The second kappa shape index (κ2) is 11.6. The zero-order valence-corrected chi connectivity index (χ0v) is 32.5. The maximum Gasteiger partial charge on any atom is 0.488 e. The van der Waals surface area contributed by atoms with Gasteiger partial charge in [-0.2, -0.15) is 0 Å². The van der Waals surface area contributed by atoms with Gasteiger partial charge in [0.2, 0.25) is 0 Å². The number of aromatic nitrogens is 2. The molecule has 0 bridgehead atoms. The number of hydrogen-bond donors (Lipinski definition) is 2. The Kier molecular flexibility index (Phi) is 7.98. The summed E-state index contributed by atoms with van der Waals surface area (Å²) in [5.41, 5.74) is 11.7. The van der Waals surface area contributed by atoms with Crippen LogP contribution < -0.4 is 5.46 Å². The van der Waals surface area contributed by atoms with Gasteiger partial charge in [-0.05, 0) is 116 Å². The van der Waals surface area contributed by atoms with Crippen LogP contribution in [0.5, 0.6) is 0 Å². The lowest BCUT2D eigenvalue weighted by Crippen LogP contribution is -2.30. The second-order valence-corrected chi connectivity index (χ2v) is 18.8. The monoisotopic (exact) mass is 676 g/mol. The normalized spacial score (nSPS) is 13.3. The molecule has 0 amide bonds. The Morgan fingerprint density at radius 3 is 0.843 bits per heavy atom. The summed E-state index contributed by atoms with van der Waals surface area (Å²) in [6, 6.07) is 33.3. The van der Waals surface area contributed by atoms with Crippen LogP contribution in [0.4, 0.5) is 0 Å². The standard InChI is InChI=1S/C46H53BN2O2/c1-43(2,3)28-13-17-39-35(21-28)36-22-29(44(4,5)6)14-18-40(36)48(39)33-25-32(47(50)51)26-34(27-33)49-41-19-15-30(45(7,8)9)23-37(41)38-24-31(46(10,11)12)16-20-42(38)49/h13-27,50-51H,1-12H3. The average molecular weight is 677 g/mol. The van der Waals surface area contributed by atoms with Gasteiger partial charge >= 0.3 is 7.12 Å². The molecule has 2 heterocycles. The van der Waals surface area contributed by atoms with E-state index >= 15 is 0 Å². The van der Waals surface area contributed by atoms with Crippen molar-refractivity contribution in [1.29, 1.82) is 0 Å². The van der Waals surface area contributed by atoms with Crippen LogP contribution in [-0.4, -0.2) is 26.3 Å². The van der Waals surface area contributed by atoms with Gasteiger partial charge in [0, 0.05) is 32.9 Å². The van der Waals surface area contributed by atoms with E-state index in [2.05, 4.69) is 171 Å². The summed E-state index contributed by atoms with van der Waals surface area (Å²) in [4.78, 5) is 0. The van der Waals surface area contributed by atoms with E-state index in [0.29, 0.717) is 5.46 Å². The lowest BCUT2D eigenvalue weighted by molar-refractivity contribution is 0.425. The molecule has 7 rings (SSSR count). The first-order chi connectivity index (χ1) is 23.6. The van der Waals surface area contributed by atoms with Crippen molar-refractivity contribution in [3.63, 3.8) is 0 Å². The molecule has 5 heteroatoms. The molecule has 4 nitrogen and oxygen atoms in total. The fourth-order valence-electron chi connectivity index (χ4n) is 7.49. The molecule has 262 valence electrons.